The zero-order valence-electron chi connectivity index (χ0n) is 18.3. The smallest absolute Gasteiger partial charge is 0.0685 e. The Labute approximate surface area is 176 Å². The second kappa shape index (κ2) is 8.66. The van der Waals surface area contributed by atoms with Crippen molar-refractivity contribution < 1.29 is 0 Å². The largest absolute Gasteiger partial charge is 0.0991 e. The molecule has 1 unspecified atom stereocenters. The summed E-state index contributed by atoms with van der Waals surface area (Å²) in [4.78, 5) is 0. The van der Waals surface area contributed by atoms with Gasteiger partial charge in [-0.25, -0.2) is 0 Å². The summed E-state index contributed by atoms with van der Waals surface area (Å²) in [5, 5.41) is 0. The van der Waals surface area contributed by atoms with E-state index < -0.39 is 0 Å². The van der Waals surface area contributed by atoms with Crippen molar-refractivity contribution >= 4 is 5.57 Å². The van der Waals surface area contributed by atoms with E-state index in [1.165, 1.54) is 39.0 Å². The number of benzene rings is 1. The Balaban J connectivity index is 0.00000117. The Bertz CT molecular complexity index is 1010. The predicted molar refractivity (Wildman–Crippen MR) is 129 cm³/mol. The van der Waals surface area contributed by atoms with E-state index in [-0.39, 0.29) is 5.41 Å². The molecule has 0 N–H and O–H groups in total. The molecule has 4 rings (SSSR count). The Morgan fingerprint density at radius 1 is 1.10 bits per heavy atom. The minimum absolute atomic E-state index is 0.225. The van der Waals surface area contributed by atoms with Gasteiger partial charge in [-0.3, -0.25) is 0 Å². The van der Waals surface area contributed by atoms with Gasteiger partial charge in [-0.05, 0) is 71.3 Å². The van der Waals surface area contributed by atoms with E-state index >= 15 is 0 Å². The summed E-state index contributed by atoms with van der Waals surface area (Å²) >= 11 is 0. The highest BCUT2D eigenvalue weighted by molar-refractivity contribution is 5.93. The monoisotopic (exact) mass is 380 g/mol. The molecule has 0 heterocycles. The molecule has 0 aromatic heterocycles. The van der Waals surface area contributed by atoms with Gasteiger partial charge < -0.3 is 0 Å². The fourth-order valence-electron chi connectivity index (χ4n) is 4.98. The second-order valence-corrected chi connectivity index (χ2v) is 7.35. The Morgan fingerprint density at radius 3 is 2.59 bits per heavy atom. The summed E-state index contributed by atoms with van der Waals surface area (Å²) in [6, 6.07) is 8.90. The summed E-state index contributed by atoms with van der Waals surface area (Å²) in [6.07, 6.45) is 19.5. The van der Waals surface area contributed by atoms with Gasteiger partial charge in [0.2, 0.25) is 0 Å². The summed E-state index contributed by atoms with van der Waals surface area (Å²) in [5.41, 5.74) is 10.5. The van der Waals surface area contributed by atoms with Gasteiger partial charge in [-0.1, -0.05) is 99.9 Å². The zero-order valence-corrected chi connectivity index (χ0v) is 18.3. The molecule has 0 aliphatic heterocycles. The van der Waals surface area contributed by atoms with Crippen molar-refractivity contribution in [2.45, 2.75) is 46.0 Å². The fraction of sp³-hybridized carbons (Fsp3) is 0.241. The minimum atomic E-state index is -0.225. The molecule has 1 atom stereocenters. The first kappa shape index (κ1) is 20.9. The van der Waals surface area contributed by atoms with Gasteiger partial charge in [-0.15, -0.1) is 0 Å². The molecule has 3 aliphatic carbocycles. The van der Waals surface area contributed by atoms with Gasteiger partial charge in [0.05, 0.1) is 5.41 Å². The Morgan fingerprint density at radius 2 is 1.86 bits per heavy atom. The molecule has 0 radical (unpaired) electrons. The van der Waals surface area contributed by atoms with Crippen molar-refractivity contribution in [3.05, 3.63) is 125 Å². The van der Waals surface area contributed by atoms with Crippen molar-refractivity contribution in [2.75, 3.05) is 0 Å². The van der Waals surface area contributed by atoms with Crippen molar-refractivity contribution in [2.24, 2.45) is 0 Å². The standard InChI is InChI=1S/C27H26.C2H6/c1-5-7-15-23-19(3)20(4)24(16-8-6-2)27(23)25-17-11-9-13-21(25)22-14-10-12-18-26(22)27;1-2/h5-11,13-17H,1,4,12,18H2,2-3H3;1-2H3/b8-6-,15-7-,24-16+;. The van der Waals surface area contributed by atoms with E-state index in [4.69, 9.17) is 0 Å². The maximum atomic E-state index is 4.50. The van der Waals surface area contributed by atoms with Crippen LogP contribution < -0.4 is 0 Å². The van der Waals surface area contributed by atoms with Gasteiger partial charge in [0, 0.05) is 0 Å². The molecule has 29 heavy (non-hydrogen) atoms. The van der Waals surface area contributed by atoms with Gasteiger partial charge in [0.1, 0.15) is 0 Å². The third-order valence-electron chi connectivity index (χ3n) is 6.09. The summed E-state index contributed by atoms with van der Waals surface area (Å²) in [7, 11) is 0. The first-order valence-corrected chi connectivity index (χ1v) is 10.7. The van der Waals surface area contributed by atoms with E-state index in [0.29, 0.717) is 0 Å². The topological polar surface area (TPSA) is 0 Å². The first-order chi connectivity index (χ1) is 14.2. The summed E-state index contributed by atoms with van der Waals surface area (Å²) in [5.74, 6) is 0. The average molecular weight is 381 g/mol. The van der Waals surface area contributed by atoms with Crippen LogP contribution in [-0.4, -0.2) is 0 Å². The van der Waals surface area contributed by atoms with Crippen LogP contribution in [0.2, 0.25) is 0 Å². The van der Waals surface area contributed by atoms with Crippen LogP contribution in [-0.2, 0) is 5.41 Å². The molecule has 0 saturated carbocycles. The molecule has 1 spiro atoms. The van der Waals surface area contributed by atoms with Crippen LogP contribution in [0.15, 0.2) is 114 Å². The van der Waals surface area contributed by atoms with E-state index in [2.05, 4.69) is 93.8 Å². The van der Waals surface area contributed by atoms with Crippen LogP contribution >= 0.6 is 0 Å². The third-order valence-corrected chi connectivity index (χ3v) is 6.09. The highest BCUT2D eigenvalue weighted by atomic mass is 14.5. The Hall–Kier alpha value is -2.86. The van der Waals surface area contributed by atoms with Crippen LogP contribution in [0.5, 0.6) is 0 Å². The van der Waals surface area contributed by atoms with Crippen LogP contribution in [0.3, 0.4) is 0 Å². The zero-order chi connectivity index (χ0) is 21.0. The average Bonchev–Trinajstić information content (AvgIpc) is 3.18. The van der Waals surface area contributed by atoms with Crippen molar-refractivity contribution in [1.29, 1.82) is 0 Å². The maximum Gasteiger partial charge on any atom is 0.0685 e. The van der Waals surface area contributed by atoms with E-state index in [1.54, 1.807) is 0 Å². The van der Waals surface area contributed by atoms with E-state index in [9.17, 15) is 0 Å². The lowest BCUT2D eigenvalue weighted by Crippen LogP contribution is -2.28. The SMILES string of the molecule is C=C/C=C\C1=C(C)C(=C)/C(=C\C=C/C)C12C1=C(C=CCC1)c1ccccc12.CC. The molecular weight excluding hydrogens is 348 g/mol. The highest BCUT2D eigenvalue weighted by Gasteiger charge is 2.53. The molecule has 0 nitrogen and oxygen atoms in total. The molecule has 0 heteroatoms. The maximum absolute atomic E-state index is 4.50. The molecule has 1 aromatic carbocycles. The molecule has 0 fully saturated rings. The van der Waals surface area contributed by atoms with Crippen molar-refractivity contribution in [3.8, 4) is 0 Å². The summed E-state index contributed by atoms with van der Waals surface area (Å²) in [6.45, 7) is 16.7. The fourth-order valence-corrected chi connectivity index (χ4v) is 4.98. The first-order valence-electron chi connectivity index (χ1n) is 10.7. The molecule has 3 aliphatic rings. The lowest BCUT2D eigenvalue weighted by molar-refractivity contribution is 0.706. The molecule has 0 saturated heterocycles. The lowest BCUT2D eigenvalue weighted by Gasteiger charge is -2.35. The molecule has 1 aromatic rings. The number of rotatable bonds is 3. The van der Waals surface area contributed by atoms with Gasteiger partial charge in [-0.2, -0.15) is 0 Å². The quantitative estimate of drug-likeness (QED) is 0.464. The van der Waals surface area contributed by atoms with Crippen LogP contribution in [0.25, 0.3) is 5.57 Å². The van der Waals surface area contributed by atoms with Crippen molar-refractivity contribution in [3.63, 3.8) is 0 Å². The van der Waals surface area contributed by atoms with Gasteiger partial charge >= 0.3 is 0 Å². The normalized spacial score (nSPS) is 24.0. The van der Waals surface area contributed by atoms with Gasteiger partial charge in [0.25, 0.3) is 0 Å². The number of allylic oxidation sites excluding steroid dienone is 14. The highest BCUT2D eigenvalue weighted by Crippen LogP contribution is 2.63. The minimum Gasteiger partial charge on any atom is -0.0991 e. The molecular formula is C29H32. The van der Waals surface area contributed by atoms with E-state index in [1.807, 2.05) is 19.9 Å². The number of fused-ring (bicyclic) bond motifs is 4. The van der Waals surface area contributed by atoms with E-state index in [0.717, 1.165) is 18.4 Å². The van der Waals surface area contributed by atoms with Crippen LogP contribution in [0, 0.1) is 0 Å². The van der Waals surface area contributed by atoms with Crippen molar-refractivity contribution in [1.82, 2.24) is 0 Å². The lowest BCUT2D eigenvalue weighted by atomic mass is 9.66. The molecule has 0 bridgehead atoms. The Kier molecular flexibility index (Phi) is 6.23. The second-order valence-electron chi connectivity index (χ2n) is 7.35. The number of hydrogen-bond donors (Lipinski definition) is 0. The molecule has 148 valence electrons. The molecule has 0 amide bonds. The third kappa shape index (κ3) is 2.99. The van der Waals surface area contributed by atoms with Gasteiger partial charge in [0.15, 0.2) is 0 Å². The predicted octanol–water partition coefficient (Wildman–Crippen LogP) is 8.20. The van der Waals surface area contributed by atoms with Crippen LogP contribution in [0.1, 0.15) is 51.7 Å². The van der Waals surface area contributed by atoms with Crippen LogP contribution in [0.4, 0.5) is 0 Å². The summed E-state index contributed by atoms with van der Waals surface area (Å²) < 4.78 is 0. The number of hydrogen-bond acceptors (Lipinski definition) is 0.